The summed E-state index contributed by atoms with van der Waals surface area (Å²) in [5.41, 5.74) is 3.00. The summed E-state index contributed by atoms with van der Waals surface area (Å²) in [6, 6.07) is 27.3. The highest BCUT2D eigenvalue weighted by atomic mass is 16.2. The Hall–Kier alpha value is -3.39. The van der Waals surface area contributed by atoms with E-state index in [9.17, 15) is 4.79 Å². The van der Waals surface area contributed by atoms with Gasteiger partial charge in [0.1, 0.15) is 0 Å². The van der Waals surface area contributed by atoms with Crippen molar-refractivity contribution >= 4 is 49.6 Å². The summed E-state index contributed by atoms with van der Waals surface area (Å²) in [6.07, 6.45) is 0. The molecule has 5 aromatic rings. The van der Waals surface area contributed by atoms with Crippen molar-refractivity contribution < 1.29 is 4.79 Å². The number of aryl methyl sites for hydroxylation is 1. The molecule has 0 fully saturated rings. The monoisotopic (exact) mass is 349 g/mol. The first-order chi connectivity index (χ1) is 13.1. The number of carbonyl (C=O) groups is 1. The van der Waals surface area contributed by atoms with Crippen LogP contribution in [-0.2, 0) is 4.79 Å². The quantitative estimate of drug-likeness (QED) is 0.330. The van der Waals surface area contributed by atoms with Crippen LogP contribution < -0.4 is 4.90 Å². The minimum atomic E-state index is 0.00823. The van der Waals surface area contributed by atoms with Gasteiger partial charge in [0.25, 0.3) is 0 Å². The largest absolute Gasteiger partial charge is 0.281 e. The molecule has 1 amide bonds. The topological polar surface area (TPSA) is 20.3 Å². The van der Waals surface area contributed by atoms with Crippen LogP contribution in [0.4, 0.5) is 11.4 Å². The van der Waals surface area contributed by atoms with Crippen LogP contribution in [0.1, 0.15) is 12.5 Å². The third-order valence-corrected chi connectivity index (χ3v) is 5.35. The van der Waals surface area contributed by atoms with Crippen molar-refractivity contribution in [2.24, 2.45) is 0 Å². The number of benzene rings is 5. The van der Waals surface area contributed by atoms with Crippen molar-refractivity contribution in [2.45, 2.75) is 13.8 Å². The van der Waals surface area contributed by atoms with E-state index in [-0.39, 0.29) is 5.91 Å². The molecule has 0 radical (unpaired) electrons. The van der Waals surface area contributed by atoms with Gasteiger partial charge in [-0.2, -0.15) is 0 Å². The smallest absolute Gasteiger partial charge is 0.228 e. The predicted octanol–water partition coefficient (Wildman–Crippen LogP) is 6.58. The number of hydrogen-bond donors (Lipinski definition) is 0. The standard InChI is InChI=1S/C25H19NO/c1-16-6-12-21(13-7-16)26(17(2)27)23-15-11-20-9-8-18-4-3-5-19-10-14-22(23)25(20)24(18)19/h3-15H,1-2H3. The zero-order valence-electron chi connectivity index (χ0n) is 15.4. The van der Waals surface area contributed by atoms with Crippen LogP contribution in [0.2, 0.25) is 0 Å². The Kier molecular flexibility index (Phi) is 3.41. The number of amides is 1. The van der Waals surface area contributed by atoms with Crippen LogP contribution in [-0.4, -0.2) is 5.91 Å². The molecule has 0 aliphatic carbocycles. The van der Waals surface area contributed by atoms with E-state index in [2.05, 4.69) is 61.5 Å². The molecular weight excluding hydrogens is 330 g/mol. The van der Waals surface area contributed by atoms with Gasteiger partial charge in [0, 0.05) is 18.0 Å². The van der Waals surface area contributed by atoms with Crippen LogP contribution in [0.15, 0.2) is 78.9 Å². The highest BCUT2D eigenvalue weighted by molar-refractivity contribution is 6.26. The Balaban J connectivity index is 1.86. The minimum absolute atomic E-state index is 0.00823. The fourth-order valence-corrected chi connectivity index (χ4v) is 4.10. The van der Waals surface area contributed by atoms with Crippen molar-refractivity contribution in [3.05, 3.63) is 84.4 Å². The molecule has 0 atom stereocenters. The fourth-order valence-electron chi connectivity index (χ4n) is 4.10. The van der Waals surface area contributed by atoms with E-state index in [1.165, 1.54) is 32.5 Å². The molecule has 0 aliphatic heterocycles. The van der Waals surface area contributed by atoms with Gasteiger partial charge in [0.2, 0.25) is 5.91 Å². The molecule has 0 heterocycles. The maximum absolute atomic E-state index is 12.6. The van der Waals surface area contributed by atoms with Gasteiger partial charge in [-0.3, -0.25) is 9.69 Å². The number of nitrogens with zero attached hydrogens (tertiary/aromatic N) is 1. The van der Waals surface area contributed by atoms with E-state index in [0.29, 0.717) is 0 Å². The Morgan fingerprint density at radius 2 is 1.30 bits per heavy atom. The van der Waals surface area contributed by atoms with E-state index >= 15 is 0 Å². The lowest BCUT2D eigenvalue weighted by Gasteiger charge is -2.24. The predicted molar refractivity (Wildman–Crippen MR) is 114 cm³/mol. The number of carbonyl (C=O) groups excluding carboxylic acids is 1. The van der Waals surface area contributed by atoms with Crippen LogP contribution in [0, 0.1) is 6.92 Å². The summed E-state index contributed by atoms with van der Waals surface area (Å²) >= 11 is 0. The first kappa shape index (κ1) is 15.8. The first-order valence-electron chi connectivity index (χ1n) is 9.17. The number of hydrogen-bond acceptors (Lipinski definition) is 1. The summed E-state index contributed by atoms with van der Waals surface area (Å²) in [7, 11) is 0. The van der Waals surface area contributed by atoms with Crippen LogP contribution in [0.25, 0.3) is 32.3 Å². The molecule has 27 heavy (non-hydrogen) atoms. The Labute approximate surface area is 158 Å². The van der Waals surface area contributed by atoms with Crippen molar-refractivity contribution in [1.29, 1.82) is 0 Å². The van der Waals surface area contributed by atoms with E-state index in [0.717, 1.165) is 16.8 Å². The minimum Gasteiger partial charge on any atom is -0.281 e. The molecule has 0 N–H and O–H groups in total. The lowest BCUT2D eigenvalue weighted by molar-refractivity contribution is -0.115. The van der Waals surface area contributed by atoms with Gasteiger partial charge in [-0.05, 0) is 52.1 Å². The molecule has 0 spiro atoms. The molecule has 130 valence electrons. The zero-order valence-corrected chi connectivity index (χ0v) is 15.4. The third kappa shape index (κ3) is 2.37. The molecule has 2 heteroatoms. The van der Waals surface area contributed by atoms with Gasteiger partial charge in [-0.1, -0.05) is 66.2 Å². The Morgan fingerprint density at radius 3 is 1.96 bits per heavy atom. The summed E-state index contributed by atoms with van der Waals surface area (Å²) in [5, 5.41) is 7.25. The Morgan fingerprint density at radius 1 is 0.704 bits per heavy atom. The van der Waals surface area contributed by atoms with Crippen molar-refractivity contribution in [3.8, 4) is 0 Å². The molecule has 0 saturated heterocycles. The normalized spacial score (nSPS) is 11.5. The first-order valence-corrected chi connectivity index (χ1v) is 9.17. The van der Waals surface area contributed by atoms with Gasteiger partial charge < -0.3 is 0 Å². The highest BCUT2D eigenvalue weighted by Gasteiger charge is 2.19. The van der Waals surface area contributed by atoms with E-state index in [4.69, 9.17) is 0 Å². The molecule has 0 bridgehead atoms. The summed E-state index contributed by atoms with van der Waals surface area (Å²) in [5.74, 6) is 0.00823. The second kappa shape index (κ2) is 5.82. The van der Waals surface area contributed by atoms with Crippen LogP contribution in [0.5, 0.6) is 0 Å². The molecule has 0 aliphatic rings. The fraction of sp³-hybridized carbons (Fsp3) is 0.0800. The number of rotatable bonds is 2. The van der Waals surface area contributed by atoms with E-state index < -0.39 is 0 Å². The second-order valence-electron chi connectivity index (χ2n) is 7.13. The summed E-state index contributed by atoms with van der Waals surface area (Å²) < 4.78 is 0. The van der Waals surface area contributed by atoms with Crippen molar-refractivity contribution in [1.82, 2.24) is 0 Å². The molecular formula is C25H19NO. The van der Waals surface area contributed by atoms with Crippen molar-refractivity contribution in [2.75, 3.05) is 4.90 Å². The van der Waals surface area contributed by atoms with Gasteiger partial charge in [-0.15, -0.1) is 0 Å². The number of anilines is 2. The second-order valence-corrected chi connectivity index (χ2v) is 7.13. The maximum Gasteiger partial charge on any atom is 0.228 e. The average molecular weight is 349 g/mol. The molecule has 0 aromatic heterocycles. The van der Waals surface area contributed by atoms with E-state index in [1.807, 2.05) is 29.2 Å². The SMILES string of the molecule is CC(=O)N(c1ccc(C)cc1)c1ccc2ccc3cccc4ccc1c2c34. The van der Waals surface area contributed by atoms with Crippen molar-refractivity contribution in [3.63, 3.8) is 0 Å². The van der Waals surface area contributed by atoms with Gasteiger partial charge in [0.15, 0.2) is 0 Å². The third-order valence-electron chi connectivity index (χ3n) is 5.35. The average Bonchev–Trinajstić information content (AvgIpc) is 2.68. The van der Waals surface area contributed by atoms with E-state index in [1.54, 1.807) is 6.92 Å². The molecule has 2 nitrogen and oxygen atoms in total. The summed E-state index contributed by atoms with van der Waals surface area (Å²) in [6.45, 7) is 3.68. The van der Waals surface area contributed by atoms with Gasteiger partial charge >= 0.3 is 0 Å². The van der Waals surface area contributed by atoms with Gasteiger partial charge in [0.05, 0.1) is 5.69 Å². The summed E-state index contributed by atoms with van der Waals surface area (Å²) in [4.78, 5) is 14.4. The molecule has 5 aromatic carbocycles. The zero-order chi connectivity index (χ0) is 18.5. The maximum atomic E-state index is 12.6. The molecule has 0 unspecified atom stereocenters. The lowest BCUT2D eigenvalue weighted by atomic mass is 9.93. The van der Waals surface area contributed by atoms with Gasteiger partial charge in [-0.25, -0.2) is 0 Å². The highest BCUT2D eigenvalue weighted by Crippen LogP contribution is 2.40. The molecule has 0 saturated carbocycles. The van der Waals surface area contributed by atoms with Crippen LogP contribution in [0.3, 0.4) is 0 Å². The van der Waals surface area contributed by atoms with Crippen LogP contribution >= 0.6 is 0 Å². The lowest BCUT2D eigenvalue weighted by Crippen LogP contribution is -2.23. The Bertz CT molecular complexity index is 1290. The molecule has 5 rings (SSSR count).